The smallest absolute Gasteiger partial charge is 0.212 e. The van der Waals surface area contributed by atoms with Crippen molar-refractivity contribution in [2.24, 2.45) is 0 Å². The van der Waals surface area contributed by atoms with Crippen molar-refractivity contribution in [3.63, 3.8) is 0 Å². The van der Waals surface area contributed by atoms with E-state index in [4.69, 9.17) is 16.9 Å². The number of nitrogens with one attached hydrogen (secondary N) is 2. The number of nitrogens with zero attached hydrogens (tertiary/aromatic N) is 4. The predicted molar refractivity (Wildman–Crippen MR) is 99.6 cm³/mol. The molecule has 3 aromatic heterocycles. The van der Waals surface area contributed by atoms with Crippen LogP contribution >= 0.6 is 11.6 Å². The number of aromatic nitrogens is 4. The minimum Gasteiger partial charge on any atom is -0.312 e. The third kappa shape index (κ3) is 2.70. The highest BCUT2D eigenvalue weighted by Crippen LogP contribution is 2.39. The van der Waals surface area contributed by atoms with E-state index in [1.54, 1.807) is 35.1 Å². The highest BCUT2D eigenvalue weighted by molar-refractivity contribution is 6.35. The lowest BCUT2D eigenvalue weighted by Gasteiger charge is -2.11. The third-order valence-electron chi connectivity index (χ3n) is 4.11. The lowest BCUT2D eigenvalue weighted by Crippen LogP contribution is -1.95. The Kier molecular flexibility index (Phi) is 4.06. The molecule has 7 nitrogen and oxygen atoms in total. The molecule has 3 heterocycles. The molecule has 0 aliphatic rings. The molecule has 2 N–H and O–H groups in total. The van der Waals surface area contributed by atoms with Crippen LogP contribution in [0.15, 0.2) is 36.7 Å². The minimum atomic E-state index is -0.647. The van der Waals surface area contributed by atoms with Gasteiger partial charge in [0.2, 0.25) is 6.41 Å². The molecule has 0 fully saturated rings. The van der Waals surface area contributed by atoms with Crippen LogP contribution in [0.25, 0.3) is 33.6 Å². The highest BCUT2D eigenvalue weighted by Gasteiger charge is 2.20. The molecule has 0 atom stereocenters. The quantitative estimate of drug-likeness (QED) is 0.415. The summed E-state index contributed by atoms with van der Waals surface area (Å²) < 4.78 is 16.5. The van der Waals surface area contributed by atoms with E-state index in [-0.39, 0.29) is 10.6 Å². The van der Waals surface area contributed by atoms with Gasteiger partial charge in [-0.25, -0.2) is 8.91 Å². The number of nitriles is 1. The average Bonchev–Trinajstić information content (AvgIpc) is 3.28. The molecule has 0 bridgehead atoms. The summed E-state index contributed by atoms with van der Waals surface area (Å²) in [6, 6.07) is 7.03. The molecular formula is C18H10ClFN6O. The first-order valence-electron chi connectivity index (χ1n) is 7.74. The Hall–Kier alpha value is -3.70. The Morgan fingerprint density at radius 2 is 2.26 bits per heavy atom. The van der Waals surface area contributed by atoms with Gasteiger partial charge in [0.1, 0.15) is 0 Å². The number of aromatic amines is 1. The second kappa shape index (κ2) is 6.55. The van der Waals surface area contributed by atoms with Gasteiger partial charge in [-0.05, 0) is 23.8 Å². The third-order valence-corrected chi connectivity index (χ3v) is 4.46. The fraction of sp³-hybridized carbons (Fsp3) is 0. The average molecular weight is 381 g/mol. The van der Waals surface area contributed by atoms with Gasteiger partial charge in [0.15, 0.2) is 11.6 Å². The lowest BCUT2D eigenvalue weighted by molar-refractivity contribution is -0.105. The Labute approximate surface area is 156 Å². The van der Waals surface area contributed by atoms with E-state index in [0.717, 1.165) is 0 Å². The Morgan fingerprint density at radius 1 is 1.41 bits per heavy atom. The molecule has 4 rings (SSSR count). The number of anilines is 1. The number of amides is 1. The van der Waals surface area contributed by atoms with Crippen LogP contribution in [0, 0.1) is 17.1 Å². The first-order valence-corrected chi connectivity index (χ1v) is 8.12. The molecule has 0 aliphatic carbocycles. The second-order valence-electron chi connectivity index (χ2n) is 5.61. The van der Waals surface area contributed by atoms with Crippen molar-refractivity contribution in [1.82, 2.24) is 19.8 Å². The summed E-state index contributed by atoms with van der Waals surface area (Å²) in [5.74, 6) is -0.253. The number of rotatable bonds is 4. The fourth-order valence-electron chi connectivity index (χ4n) is 2.98. The summed E-state index contributed by atoms with van der Waals surface area (Å²) in [6.07, 6.45) is 6.30. The maximum Gasteiger partial charge on any atom is 0.212 e. The van der Waals surface area contributed by atoms with E-state index in [9.17, 15) is 9.18 Å². The van der Waals surface area contributed by atoms with Crippen molar-refractivity contribution in [1.29, 1.82) is 5.26 Å². The van der Waals surface area contributed by atoms with Crippen LogP contribution in [0.3, 0.4) is 0 Å². The maximum atomic E-state index is 14.9. The van der Waals surface area contributed by atoms with E-state index in [0.29, 0.717) is 39.8 Å². The summed E-state index contributed by atoms with van der Waals surface area (Å²) in [4.78, 5) is 10.6. The summed E-state index contributed by atoms with van der Waals surface area (Å²) in [7, 11) is 0. The van der Waals surface area contributed by atoms with Gasteiger partial charge >= 0.3 is 0 Å². The fourth-order valence-corrected chi connectivity index (χ4v) is 3.29. The van der Waals surface area contributed by atoms with Crippen LogP contribution < -0.4 is 5.32 Å². The van der Waals surface area contributed by atoms with E-state index >= 15 is 0 Å². The molecular weight excluding hydrogens is 371 g/mol. The van der Waals surface area contributed by atoms with Gasteiger partial charge in [-0.3, -0.25) is 9.89 Å². The Balaban J connectivity index is 1.96. The van der Waals surface area contributed by atoms with Crippen LogP contribution in [-0.4, -0.2) is 26.2 Å². The number of fused-ring (bicyclic) bond motifs is 2. The molecule has 0 saturated carbocycles. The molecule has 1 amide bonds. The zero-order valence-corrected chi connectivity index (χ0v) is 14.3. The minimum absolute atomic E-state index is 0.0726. The van der Waals surface area contributed by atoms with E-state index in [2.05, 4.69) is 20.6 Å². The van der Waals surface area contributed by atoms with Crippen molar-refractivity contribution < 1.29 is 9.18 Å². The number of carbonyl (C=O) groups excluding carboxylic acids is 1. The van der Waals surface area contributed by atoms with E-state index < -0.39 is 5.82 Å². The van der Waals surface area contributed by atoms with E-state index in [1.165, 1.54) is 12.2 Å². The first-order chi connectivity index (χ1) is 13.1. The number of carbonyl (C=O) groups is 1. The molecule has 4 aromatic rings. The molecule has 0 aliphatic heterocycles. The summed E-state index contributed by atoms with van der Waals surface area (Å²) in [5.41, 5.74) is 2.43. The Bertz CT molecular complexity index is 1270. The number of pyridine rings is 1. The number of hydrogen-bond acceptors (Lipinski definition) is 4. The van der Waals surface area contributed by atoms with Gasteiger partial charge < -0.3 is 5.32 Å². The van der Waals surface area contributed by atoms with Gasteiger partial charge in [0.25, 0.3) is 0 Å². The first kappa shape index (κ1) is 16.8. The summed E-state index contributed by atoms with van der Waals surface area (Å²) in [5, 5.41) is 22.7. The maximum absolute atomic E-state index is 14.9. The van der Waals surface area contributed by atoms with Gasteiger partial charge in [0.05, 0.1) is 28.3 Å². The van der Waals surface area contributed by atoms with Crippen molar-refractivity contribution in [3.05, 3.63) is 53.1 Å². The van der Waals surface area contributed by atoms with Crippen LogP contribution in [0.5, 0.6) is 0 Å². The molecule has 27 heavy (non-hydrogen) atoms. The molecule has 0 saturated heterocycles. The molecule has 132 valence electrons. The normalized spacial score (nSPS) is 11.3. The van der Waals surface area contributed by atoms with Crippen LogP contribution in [0.1, 0.15) is 5.56 Å². The van der Waals surface area contributed by atoms with Gasteiger partial charge in [-0.1, -0.05) is 11.6 Å². The van der Waals surface area contributed by atoms with Crippen molar-refractivity contribution in [3.8, 4) is 17.2 Å². The van der Waals surface area contributed by atoms with Gasteiger partial charge in [-0.2, -0.15) is 15.5 Å². The molecule has 0 unspecified atom stereocenters. The SMILES string of the molecule is N#C/C=C/c1c(F)c(Cl)c(-c2ccn3nc(NC=O)cc3c2)c2cn[nH]c12. The van der Waals surface area contributed by atoms with Crippen molar-refractivity contribution in [2.45, 2.75) is 0 Å². The molecule has 9 heteroatoms. The number of H-pyrrole nitrogens is 1. The van der Waals surface area contributed by atoms with Crippen LogP contribution in [0.2, 0.25) is 5.02 Å². The van der Waals surface area contributed by atoms with E-state index in [1.807, 2.05) is 6.07 Å². The topological polar surface area (TPSA) is 98.9 Å². The molecule has 1 aromatic carbocycles. The van der Waals surface area contributed by atoms with Crippen molar-refractivity contribution in [2.75, 3.05) is 5.32 Å². The monoisotopic (exact) mass is 380 g/mol. The van der Waals surface area contributed by atoms with Crippen molar-refractivity contribution >= 4 is 46.3 Å². The zero-order chi connectivity index (χ0) is 19.0. The van der Waals surface area contributed by atoms with Gasteiger partial charge in [-0.15, -0.1) is 0 Å². The number of benzene rings is 1. The molecule has 0 spiro atoms. The highest BCUT2D eigenvalue weighted by atomic mass is 35.5. The summed E-state index contributed by atoms with van der Waals surface area (Å²) in [6.45, 7) is 0. The number of hydrogen-bond donors (Lipinski definition) is 2. The van der Waals surface area contributed by atoms with Gasteiger partial charge in [0, 0.05) is 34.9 Å². The number of halogens is 2. The summed E-state index contributed by atoms with van der Waals surface area (Å²) >= 11 is 6.34. The predicted octanol–water partition coefficient (Wildman–Crippen LogP) is 3.78. The number of allylic oxidation sites excluding steroid dienone is 1. The zero-order valence-electron chi connectivity index (χ0n) is 13.6. The molecule has 0 radical (unpaired) electrons. The van der Waals surface area contributed by atoms with Crippen LogP contribution in [0.4, 0.5) is 10.2 Å². The standard InChI is InChI=1S/C18H10ClFN6O/c19-16-15(10-3-5-26-11(6-10)7-14(25-26)22-9-27)13-8-23-24-18(13)12(17(16)20)2-1-4-21/h1-3,5-9H,(H,23,24)(H,22,25,27)/b2-1+. The lowest BCUT2D eigenvalue weighted by atomic mass is 9.98. The van der Waals surface area contributed by atoms with Crippen LogP contribution in [-0.2, 0) is 4.79 Å². The largest absolute Gasteiger partial charge is 0.312 e. The Morgan fingerprint density at radius 3 is 3.04 bits per heavy atom. The second-order valence-corrected chi connectivity index (χ2v) is 5.99.